The highest BCUT2D eigenvalue weighted by atomic mass is 32.1. The molecule has 0 bridgehead atoms. The SMILES string of the molecule is CCc1ccc(N2CCN(c3nccc4sccc34)CC2)cc1. The number of thiophene rings is 1. The molecular weight excluding hydrogens is 302 g/mol. The highest BCUT2D eigenvalue weighted by Gasteiger charge is 2.20. The molecule has 118 valence electrons. The molecule has 0 saturated carbocycles. The van der Waals surface area contributed by atoms with Gasteiger partial charge in [0.2, 0.25) is 0 Å². The van der Waals surface area contributed by atoms with Crippen LogP contribution in [0, 0.1) is 0 Å². The van der Waals surface area contributed by atoms with Crippen LogP contribution in [0.5, 0.6) is 0 Å². The van der Waals surface area contributed by atoms with E-state index in [9.17, 15) is 0 Å². The fourth-order valence-corrected chi connectivity index (χ4v) is 4.03. The molecule has 4 rings (SSSR count). The van der Waals surface area contributed by atoms with E-state index in [0.717, 1.165) is 38.4 Å². The van der Waals surface area contributed by atoms with Crippen LogP contribution in [0.2, 0.25) is 0 Å². The van der Waals surface area contributed by atoms with Crippen molar-refractivity contribution < 1.29 is 0 Å². The minimum absolute atomic E-state index is 1.03. The molecule has 0 unspecified atom stereocenters. The molecule has 1 aliphatic heterocycles. The first-order chi connectivity index (χ1) is 11.3. The van der Waals surface area contributed by atoms with Crippen LogP contribution in [0.25, 0.3) is 10.1 Å². The number of fused-ring (bicyclic) bond motifs is 1. The molecule has 1 fully saturated rings. The topological polar surface area (TPSA) is 19.4 Å². The Balaban J connectivity index is 1.49. The van der Waals surface area contributed by atoms with Crippen LogP contribution in [0.4, 0.5) is 11.5 Å². The van der Waals surface area contributed by atoms with Gasteiger partial charge >= 0.3 is 0 Å². The van der Waals surface area contributed by atoms with Crippen molar-refractivity contribution in [2.75, 3.05) is 36.0 Å². The van der Waals surface area contributed by atoms with E-state index in [1.165, 1.54) is 21.3 Å². The maximum atomic E-state index is 4.64. The molecule has 0 spiro atoms. The van der Waals surface area contributed by atoms with Gasteiger partial charge in [-0.2, -0.15) is 0 Å². The molecule has 4 heteroatoms. The minimum Gasteiger partial charge on any atom is -0.368 e. The van der Waals surface area contributed by atoms with Crippen molar-refractivity contribution in [2.24, 2.45) is 0 Å². The second-order valence-electron chi connectivity index (χ2n) is 5.96. The van der Waals surface area contributed by atoms with Gasteiger partial charge in [0, 0.05) is 48.1 Å². The average molecular weight is 323 g/mol. The lowest BCUT2D eigenvalue weighted by Crippen LogP contribution is -2.46. The number of hydrogen-bond donors (Lipinski definition) is 0. The summed E-state index contributed by atoms with van der Waals surface area (Å²) in [6.07, 6.45) is 3.04. The molecule has 0 atom stereocenters. The van der Waals surface area contributed by atoms with Gasteiger partial charge in [-0.3, -0.25) is 0 Å². The largest absolute Gasteiger partial charge is 0.368 e. The molecule has 3 aromatic rings. The fourth-order valence-electron chi connectivity index (χ4n) is 3.25. The molecule has 0 N–H and O–H groups in total. The molecule has 2 aromatic heterocycles. The normalized spacial score (nSPS) is 15.3. The smallest absolute Gasteiger partial charge is 0.137 e. The number of aryl methyl sites for hydroxylation is 1. The lowest BCUT2D eigenvalue weighted by molar-refractivity contribution is 0.649. The number of nitrogens with zero attached hydrogens (tertiary/aromatic N) is 3. The van der Waals surface area contributed by atoms with Gasteiger partial charge in [0.25, 0.3) is 0 Å². The first kappa shape index (κ1) is 14.5. The Morgan fingerprint density at radius 3 is 2.43 bits per heavy atom. The summed E-state index contributed by atoms with van der Waals surface area (Å²) in [5, 5.41) is 3.44. The van der Waals surface area contributed by atoms with E-state index in [0.29, 0.717) is 0 Å². The summed E-state index contributed by atoms with van der Waals surface area (Å²) in [6.45, 7) is 6.35. The molecule has 3 heterocycles. The maximum absolute atomic E-state index is 4.64. The van der Waals surface area contributed by atoms with Gasteiger partial charge in [-0.15, -0.1) is 11.3 Å². The van der Waals surface area contributed by atoms with Crippen molar-refractivity contribution in [3.8, 4) is 0 Å². The average Bonchev–Trinajstić information content (AvgIpc) is 3.11. The summed E-state index contributed by atoms with van der Waals surface area (Å²) in [6, 6.07) is 13.3. The zero-order chi connectivity index (χ0) is 15.6. The van der Waals surface area contributed by atoms with E-state index >= 15 is 0 Å². The van der Waals surface area contributed by atoms with Crippen LogP contribution in [0.15, 0.2) is 48.0 Å². The highest BCUT2D eigenvalue weighted by molar-refractivity contribution is 7.17. The van der Waals surface area contributed by atoms with Crippen molar-refractivity contribution >= 4 is 32.9 Å². The van der Waals surface area contributed by atoms with Crippen molar-refractivity contribution in [3.63, 3.8) is 0 Å². The predicted molar refractivity (Wildman–Crippen MR) is 99.9 cm³/mol. The van der Waals surface area contributed by atoms with Crippen molar-refractivity contribution in [2.45, 2.75) is 13.3 Å². The number of anilines is 2. The lowest BCUT2D eigenvalue weighted by Gasteiger charge is -2.37. The van der Waals surface area contributed by atoms with E-state index in [1.54, 1.807) is 11.3 Å². The molecule has 0 radical (unpaired) electrons. The Labute approximate surface area is 141 Å². The van der Waals surface area contributed by atoms with E-state index in [1.807, 2.05) is 6.20 Å². The summed E-state index contributed by atoms with van der Waals surface area (Å²) in [5.41, 5.74) is 2.74. The number of aromatic nitrogens is 1. The number of pyridine rings is 1. The van der Waals surface area contributed by atoms with Crippen LogP contribution in [-0.4, -0.2) is 31.2 Å². The Morgan fingerprint density at radius 1 is 0.957 bits per heavy atom. The monoisotopic (exact) mass is 323 g/mol. The van der Waals surface area contributed by atoms with Gasteiger partial charge in [0.1, 0.15) is 5.82 Å². The van der Waals surface area contributed by atoms with Crippen LogP contribution >= 0.6 is 11.3 Å². The van der Waals surface area contributed by atoms with Crippen molar-refractivity contribution in [3.05, 3.63) is 53.5 Å². The molecular formula is C19H21N3S. The van der Waals surface area contributed by atoms with Gasteiger partial charge < -0.3 is 9.80 Å². The third-order valence-electron chi connectivity index (χ3n) is 4.65. The van der Waals surface area contributed by atoms with Gasteiger partial charge in [-0.05, 0) is 41.6 Å². The van der Waals surface area contributed by atoms with Crippen LogP contribution < -0.4 is 9.80 Å². The molecule has 3 nitrogen and oxygen atoms in total. The summed E-state index contributed by atoms with van der Waals surface area (Å²) in [4.78, 5) is 9.54. The van der Waals surface area contributed by atoms with Gasteiger partial charge in [0.15, 0.2) is 0 Å². The summed E-state index contributed by atoms with van der Waals surface area (Å²) in [7, 11) is 0. The van der Waals surface area contributed by atoms with E-state index in [2.05, 4.69) is 63.5 Å². The third-order valence-corrected chi connectivity index (χ3v) is 5.53. The third kappa shape index (κ3) is 2.79. The summed E-state index contributed by atoms with van der Waals surface area (Å²) < 4.78 is 1.33. The van der Waals surface area contributed by atoms with Crippen molar-refractivity contribution in [1.29, 1.82) is 0 Å². The Hall–Kier alpha value is -2.07. The Kier molecular flexibility index (Phi) is 3.92. The highest BCUT2D eigenvalue weighted by Crippen LogP contribution is 2.29. The number of rotatable bonds is 3. The number of benzene rings is 1. The van der Waals surface area contributed by atoms with Crippen LogP contribution in [-0.2, 0) is 6.42 Å². The second kappa shape index (κ2) is 6.20. The van der Waals surface area contributed by atoms with E-state index in [4.69, 9.17) is 0 Å². The molecule has 0 aliphatic carbocycles. The molecule has 23 heavy (non-hydrogen) atoms. The van der Waals surface area contributed by atoms with Gasteiger partial charge in [-0.25, -0.2) is 4.98 Å². The van der Waals surface area contributed by atoms with Crippen LogP contribution in [0.3, 0.4) is 0 Å². The quantitative estimate of drug-likeness (QED) is 0.720. The number of hydrogen-bond acceptors (Lipinski definition) is 4. The van der Waals surface area contributed by atoms with Crippen molar-refractivity contribution in [1.82, 2.24) is 4.98 Å². The zero-order valence-corrected chi connectivity index (χ0v) is 14.2. The first-order valence-electron chi connectivity index (χ1n) is 8.26. The second-order valence-corrected chi connectivity index (χ2v) is 6.91. The molecule has 1 aromatic carbocycles. The number of piperazine rings is 1. The van der Waals surface area contributed by atoms with E-state index < -0.39 is 0 Å². The standard InChI is InChI=1S/C19H21N3S/c1-2-15-3-5-16(6-4-15)21-10-12-22(13-11-21)19-17-8-14-23-18(17)7-9-20-19/h3-9,14H,2,10-13H2,1H3. The molecule has 1 aliphatic rings. The van der Waals surface area contributed by atoms with Crippen LogP contribution in [0.1, 0.15) is 12.5 Å². The van der Waals surface area contributed by atoms with E-state index in [-0.39, 0.29) is 0 Å². The minimum atomic E-state index is 1.03. The maximum Gasteiger partial charge on any atom is 0.137 e. The van der Waals surface area contributed by atoms with Gasteiger partial charge in [-0.1, -0.05) is 19.1 Å². The molecule has 1 saturated heterocycles. The lowest BCUT2D eigenvalue weighted by atomic mass is 10.1. The first-order valence-corrected chi connectivity index (χ1v) is 9.14. The Bertz CT molecular complexity index is 786. The van der Waals surface area contributed by atoms with Gasteiger partial charge in [0.05, 0.1) is 0 Å². The Morgan fingerprint density at radius 2 is 1.70 bits per heavy atom. The predicted octanol–water partition coefficient (Wildman–Crippen LogP) is 4.19. The summed E-state index contributed by atoms with van der Waals surface area (Å²) >= 11 is 1.79. The fraction of sp³-hybridized carbons (Fsp3) is 0.316. The molecule has 0 amide bonds. The summed E-state index contributed by atoms with van der Waals surface area (Å²) in [5.74, 6) is 1.14. The zero-order valence-electron chi connectivity index (χ0n) is 13.4.